The molecular weight excluding hydrogens is 279 g/mol. The minimum absolute atomic E-state index is 0.123. The fourth-order valence-electron chi connectivity index (χ4n) is 2.72. The minimum Gasteiger partial charge on any atom is -0.392 e. The second-order valence-corrected chi connectivity index (χ2v) is 5.04. The molecule has 0 atom stereocenters. The number of hydrogen-bond acceptors (Lipinski definition) is 2. The Hall–Kier alpha value is -2.01. The highest BCUT2D eigenvalue weighted by Crippen LogP contribution is 2.42. The molecule has 2 aromatic rings. The summed E-state index contributed by atoms with van der Waals surface area (Å²) in [5, 5.41) is 9.21. The number of benzene rings is 2. The Morgan fingerprint density at radius 2 is 1.81 bits per heavy atom. The smallest absolute Gasteiger partial charge is 0.392 e. The van der Waals surface area contributed by atoms with Gasteiger partial charge in [0, 0.05) is 12.2 Å². The lowest BCUT2D eigenvalue weighted by atomic mass is 10.1. The van der Waals surface area contributed by atoms with Crippen molar-refractivity contribution in [1.29, 1.82) is 0 Å². The lowest BCUT2D eigenvalue weighted by Gasteiger charge is -2.24. The number of aliphatic hydroxyl groups is 1. The average molecular weight is 293 g/mol. The first-order valence-electron chi connectivity index (χ1n) is 6.67. The molecule has 1 aliphatic rings. The van der Waals surface area contributed by atoms with Crippen LogP contribution >= 0.6 is 0 Å². The number of hydrogen-bond donors (Lipinski definition) is 1. The van der Waals surface area contributed by atoms with E-state index in [9.17, 15) is 18.3 Å². The van der Waals surface area contributed by atoms with E-state index in [1.54, 1.807) is 23.1 Å². The van der Waals surface area contributed by atoms with Crippen molar-refractivity contribution in [2.75, 3.05) is 11.4 Å². The van der Waals surface area contributed by atoms with Gasteiger partial charge in [-0.2, -0.15) is 13.2 Å². The van der Waals surface area contributed by atoms with Gasteiger partial charge in [0.15, 0.2) is 0 Å². The molecule has 110 valence electrons. The van der Waals surface area contributed by atoms with Crippen molar-refractivity contribution in [2.45, 2.75) is 19.2 Å². The Kier molecular flexibility index (Phi) is 3.37. The van der Waals surface area contributed by atoms with E-state index < -0.39 is 11.7 Å². The third-order valence-electron chi connectivity index (χ3n) is 3.73. The summed E-state index contributed by atoms with van der Waals surface area (Å²) in [5.41, 5.74) is 1.98. The number of para-hydroxylation sites is 1. The van der Waals surface area contributed by atoms with Gasteiger partial charge >= 0.3 is 6.18 Å². The first kappa shape index (κ1) is 13.9. The second kappa shape index (κ2) is 5.07. The molecular formula is C16H14F3NO. The first-order chi connectivity index (χ1) is 10.0. The molecule has 0 amide bonds. The Morgan fingerprint density at radius 1 is 1.05 bits per heavy atom. The maximum absolute atomic E-state index is 13.2. The fourth-order valence-corrected chi connectivity index (χ4v) is 2.72. The predicted octanol–water partition coefficient (Wildman–Crippen LogP) is 3.89. The highest BCUT2D eigenvalue weighted by Gasteiger charge is 2.36. The highest BCUT2D eigenvalue weighted by molar-refractivity contribution is 5.73. The molecule has 0 aromatic heterocycles. The van der Waals surface area contributed by atoms with Gasteiger partial charge in [0.05, 0.1) is 17.9 Å². The van der Waals surface area contributed by atoms with Gasteiger partial charge in [0.25, 0.3) is 0 Å². The van der Waals surface area contributed by atoms with Crippen molar-refractivity contribution in [3.05, 3.63) is 59.2 Å². The van der Waals surface area contributed by atoms with Gasteiger partial charge < -0.3 is 10.0 Å². The zero-order chi connectivity index (χ0) is 15.0. The second-order valence-electron chi connectivity index (χ2n) is 5.04. The summed E-state index contributed by atoms with van der Waals surface area (Å²) in [7, 11) is 0. The number of aliphatic hydroxyl groups excluding tert-OH is 1. The van der Waals surface area contributed by atoms with Crippen LogP contribution in [0.1, 0.15) is 16.7 Å². The van der Waals surface area contributed by atoms with Crippen molar-refractivity contribution < 1.29 is 18.3 Å². The summed E-state index contributed by atoms with van der Waals surface area (Å²) in [4.78, 5) is 1.68. The van der Waals surface area contributed by atoms with Gasteiger partial charge in [-0.3, -0.25) is 0 Å². The van der Waals surface area contributed by atoms with E-state index >= 15 is 0 Å². The van der Waals surface area contributed by atoms with Crippen LogP contribution in [0.2, 0.25) is 0 Å². The van der Waals surface area contributed by atoms with Crippen LogP contribution in [0.25, 0.3) is 0 Å². The number of nitrogens with zero attached hydrogens (tertiary/aromatic N) is 1. The lowest BCUT2D eigenvalue weighted by molar-refractivity contribution is -0.137. The van der Waals surface area contributed by atoms with E-state index in [0.29, 0.717) is 18.5 Å². The minimum atomic E-state index is -4.38. The van der Waals surface area contributed by atoms with E-state index in [2.05, 4.69) is 0 Å². The number of halogens is 3. The van der Waals surface area contributed by atoms with Crippen LogP contribution in [-0.4, -0.2) is 11.7 Å². The predicted molar refractivity (Wildman–Crippen MR) is 74.5 cm³/mol. The molecule has 0 saturated carbocycles. The molecule has 1 heterocycles. The molecule has 0 radical (unpaired) electrons. The van der Waals surface area contributed by atoms with Crippen LogP contribution in [0.5, 0.6) is 0 Å². The molecule has 2 aromatic carbocycles. The van der Waals surface area contributed by atoms with Crippen LogP contribution in [-0.2, 0) is 19.2 Å². The summed E-state index contributed by atoms with van der Waals surface area (Å²) < 4.78 is 39.5. The Labute approximate surface area is 120 Å². The van der Waals surface area contributed by atoms with Crippen LogP contribution < -0.4 is 4.90 Å². The van der Waals surface area contributed by atoms with Crippen molar-refractivity contribution in [2.24, 2.45) is 0 Å². The van der Waals surface area contributed by atoms with Gasteiger partial charge in [-0.15, -0.1) is 0 Å². The van der Waals surface area contributed by atoms with Crippen molar-refractivity contribution >= 4 is 11.4 Å². The van der Waals surface area contributed by atoms with Gasteiger partial charge in [0.1, 0.15) is 0 Å². The van der Waals surface area contributed by atoms with Crippen molar-refractivity contribution in [3.8, 4) is 0 Å². The van der Waals surface area contributed by atoms with Crippen LogP contribution in [0.3, 0.4) is 0 Å². The van der Waals surface area contributed by atoms with Crippen LogP contribution in [0, 0.1) is 0 Å². The molecule has 3 rings (SSSR count). The Balaban J connectivity index is 2.09. The van der Waals surface area contributed by atoms with Gasteiger partial charge in [0.2, 0.25) is 0 Å². The number of alkyl halides is 3. The Bertz CT molecular complexity index is 667. The van der Waals surface area contributed by atoms with E-state index in [1.807, 2.05) is 6.07 Å². The van der Waals surface area contributed by atoms with E-state index in [-0.39, 0.29) is 12.3 Å². The number of rotatable bonds is 2. The molecule has 1 aliphatic heterocycles. The monoisotopic (exact) mass is 293 g/mol. The summed E-state index contributed by atoms with van der Waals surface area (Å²) in [6.07, 6.45) is -3.68. The first-order valence-corrected chi connectivity index (χ1v) is 6.67. The maximum Gasteiger partial charge on any atom is 0.418 e. The zero-order valence-electron chi connectivity index (χ0n) is 11.2. The topological polar surface area (TPSA) is 23.5 Å². The molecule has 0 aliphatic carbocycles. The molecule has 0 saturated heterocycles. The van der Waals surface area contributed by atoms with Crippen molar-refractivity contribution in [1.82, 2.24) is 0 Å². The Morgan fingerprint density at radius 3 is 2.52 bits per heavy atom. The quantitative estimate of drug-likeness (QED) is 0.908. The molecule has 1 N–H and O–H groups in total. The van der Waals surface area contributed by atoms with Crippen LogP contribution in [0.15, 0.2) is 42.5 Å². The normalized spacial score (nSPS) is 14.4. The van der Waals surface area contributed by atoms with Gasteiger partial charge in [-0.25, -0.2) is 0 Å². The molecule has 5 heteroatoms. The highest BCUT2D eigenvalue weighted by atomic mass is 19.4. The van der Waals surface area contributed by atoms with Gasteiger partial charge in [-0.05, 0) is 35.7 Å². The molecule has 0 unspecified atom stereocenters. The third-order valence-corrected chi connectivity index (χ3v) is 3.73. The summed E-state index contributed by atoms with van der Waals surface area (Å²) in [6.45, 7) is 0.388. The van der Waals surface area contributed by atoms with E-state index in [1.165, 1.54) is 12.1 Å². The largest absolute Gasteiger partial charge is 0.418 e. The van der Waals surface area contributed by atoms with Crippen LogP contribution in [0.4, 0.5) is 24.5 Å². The summed E-state index contributed by atoms with van der Waals surface area (Å²) in [6, 6.07) is 11.0. The third kappa shape index (κ3) is 2.49. The standard InChI is InChI=1S/C16H14F3NO/c17-16(18,19)13-3-1-2-4-14(13)20-8-7-12-6-5-11(10-21)9-15(12)20/h1-6,9,21H,7-8,10H2. The summed E-state index contributed by atoms with van der Waals surface area (Å²) in [5.74, 6) is 0. The van der Waals surface area contributed by atoms with E-state index in [0.717, 1.165) is 17.3 Å². The fraction of sp³-hybridized carbons (Fsp3) is 0.250. The van der Waals surface area contributed by atoms with E-state index in [4.69, 9.17) is 0 Å². The molecule has 0 bridgehead atoms. The zero-order valence-corrected chi connectivity index (χ0v) is 11.2. The summed E-state index contributed by atoms with van der Waals surface area (Å²) >= 11 is 0. The molecule has 0 fully saturated rings. The molecule has 2 nitrogen and oxygen atoms in total. The number of fused-ring (bicyclic) bond motifs is 1. The number of anilines is 2. The van der Waals surface area contributed by atoms with Crippen molar-refractivity contribution in [3.63, 3.8) is 0 Å². The molecule has 21 heavy (non-hydrogen) atoms. The lowest BCUT2D eigenvalue weighted by Crippen LogP contribution is -2.18. The SMILES string of the molecule is OCc1ccc2c(c1)N(c1ccccc1C(F)(F)F)CC2. The van der Waals surface area contributed by atoms with Gasteiger partial charge in [-0.1, -0.05) is 24.3 Å². The maximum atomic E-state index is 13.2. The molecule has 0 spiro atoms. The average Bonchev–Trinajstić information content (AvgIpc) is 2.89.